The van der Waals surface area contributed by atoms with Crippen molar-refractivity contribution < 1.29 is 4.79 Å². The van der Waals surface area contributed by atoms with Crippen LogP contribution in [-0.4, -0.2) is 48.0 Å². The van der Waals surface area contributed by atoms with Gasteiger partial charge in [0.2, 0.25) is 5.91 Å². The molecule has 1 unspecified atom stereocenters. The van der Waals surface area contributed by atoms with Gasteiger partial charge >= 0.3 is 0 Å². The van der Waals surface area contributed by atoms with Crippen LogP contribution in [0.2, 0.25) is 0 Å². The number of piperazine rings is 1. The van der Waals surface area contributed by atoms with Crippen molar-refractivity contribution in [3.05, 3.63) is 60.4 Å². The van der Waals surface area contributed by atoms with Gasteiger partial charge in [-0.05, 0) is 36.6 Å². The average molecular weight is 415 g/mol. The fraction of sp³-hybridized carbons (Fsp3) is 0.478. The number of carbonyl (C=O) groups is 1. The van der Waals surface area contributed by atoms with Gasteiger partial charge in [0.1, 0.15) is 0 Å². The molecule has 1 amide bonds. The number of nitrogens with zero attached hydrogens (tertiary/aromatic N) is 3. The number of anilines is 1. The summed E-state index contributed by atoms with van der Waals surface area (Å²) in [5.74, 6) is 0.217. The first-order chi connectivity index (χ1) is 13.8. The molecule has 1 N–H and O–H groups in total. The summed E-state index contributed by atoms with van der Waals surface area (Å²) in [6, 6.07) is 14.8. The highest BCUT2D eigenvalue weighted by Crippen LogP contribution is 2.29. The third-order valence-electron chi connectivity index (χ3n) is 6.00. The largest absolute Gasteiger partial charge is 0.314 e. The van der Waals surface area contributed by atoms with Gasteiger partial charge in [-0.25, -0.2) is 0 Å². The molecule has 2 aromatic rings. The minimum atomic E-state index is 0. The number of para-hydroxylation sites is 1. The SMILES string of the molecule is Cl.O=C(CN1CCNCC1c1cccnc1)N(c1ccccc1)C1CCCCC1. The Labute approximate surface area is 179 Å². The molecule has 1 saturated carbocycles. The third-order valence-corrected chi connectivity index (χ3v) is 6.00. The van der Waals surface area contributed by atoms with Crippen LogP contribution in [0, 0.1) is 0 Å². The molecule has 156 valence electrons. The predicted octanol–water partition coefficient (Wildman–Crippen LogP) is 3.82. The number of pyridine rings is 1. The first-order valence-corrected chi connectivity index (χ1v) is 10.5. The van der Waals surface area contributed by atoms with Gasteiger partial charge in [0.25, 0.3) is 0 Å². The fourth-order valence-electron chi connectivity index (χ4n) is 4.57. The summed E-state index contributed by atoms with van der Waals surface area (Å²) in [6.45, 7) is 3.10. The Bertz CT molecular complexity index is 752. The van der Waals surface area contributed by atoms with E-state index in [0.29, 0.717) is 12.6 Å². The van der Waals surface area contributed by atoms with Gasteiger partial charge in [-0.2, -0.15) is 0 Å². The standard InChI is InChI=1S/C23H30N4O.ClH/c28-23(18-26-15-14-25-17-22(26)19-8-7-13-24-16-19)27(20-9-3-1-4-10-20)21-11-5-2-6-12-21;/h1,3-4,7-10,13,16,21-22,25H,2,5-6,11-12,14-15,17-18H2;1H. The van der Waals surface area contributed by atoms with E-state index >= 15 is 0 Å². The minimum absolute atomic E-state index is 0. The van der Waals surface area contributed by atoms with E-state index in [1.54, 1.807) is 6.20 Å². The molecule has 4 rings (SSSR count). The van der Waals surface area contributed by atoms with Crippen LogP contribution in [0.4, 0.5) is 5.69 Å². The van der Waals surface area contributed by atoms with Crippen LogP contribution < -0.4 is 10.2 Å². The highest BCUT2D eigenvalue weighted by atomic mass is 35.5. The van der Waals surface area contributed by atoms with E-state index in [9.17, 15) is 4.79 Å². The number of aromatic nitrogens is 1. The van der Waals surface area contributed by atoms with Crippen LogP contribution in [0.15, 0.2) is 54.9 Å². The Morgan fingerprint density at radius 1 is 1.10 bits per heavy atom. The molecule has 0 bridgehead atoms. The third kappa shape index (κ3) is 5.35. The molecule has 1 aliphatic heterocycles. The second-order valence-corrected chi connectivity index (χ2v) is 7.87. The molecule has 5 nitrogen and oxygen atoms in total. The lowest BCUT2D eigenvalue weighted by Crippen LogP contribution is -2.52. The molecule has 29 heavy (non-hydrogen) atoms. The first kappa shape index (κ1) is 21.8. The molecule has 6 heteroatoms. The Kier molecular flexibility index (Phi) is 8.04. The number of nitrogens with one attached hydrogen (secondary N) is 1. The number of halogens is 1. The van der Waals surface area contributed by atoms with Gasteiger partial charge in [0.15, 0.2) is 0 Å². The summed E-state index contributed by atoms with van der Waals surface area (Å²) in [4.78, 5) is 22.2. The van der Waals surface area contributed by atoms with E-state index in [0.717, 1.165) is 38.2 Å². The van der Waals surface area contributed by atoms with E-state index in [4.69, 9.17) is 0 Å². The van der Waals surface area contributed by atoms with Crippen molar-refractivity contribution in [3.8, 4) is 0 Å². The van der Waals surface area contributed by atoms with Crippen LogP contribution >= 0.6 is 12.4 Å². The summed E-state index contributed by atoms with van der Waals surface area (Å²) in [5.41, 5.74) is 2.21. The smallest absolute Gasteiger partial charge is 0.241 e. The van der Waals surface area contributed by atoms with Gasteiger partial charge in [0.05, 0.1) is 6.54 Å². The minimum Gasteiger partial charge on any atom is -0.314 e. The summed E-state index contributed by atoms with van der Waals surface area (Å²) < 4.78 is 0. The molecular formula is C23H31ClN4O. The lowest BCUT2D eigenvalue weighted by molar-refractivity contribution is -0.121. The van der Waals surface area contributed by atoms with Crippen molar-refractivity contribution >= 4 is 24.0 Å². The zero-order valence-electron chi connectivity index (χ0n) is 16.9. The molecule has 0 radical (unpaired) electrons. The van der Waals surface area contributed by atoms with Gasteiger partial charge in [0, 0.05) is 49.8 Å². The van der Waals surface area contributed by atoms with Gasteiger partial charge < -0.3 is 10.2 Å². The molecular weight excluding hydrogens is 384 g/mol. The lowest BCUT2D eigenvalue weighted by Gasteiger charge is -2.39. The monoisotopic (exact) mass is 414 g/mol. The molecule has 1 aromatic carbocycles. The number of amides is 1. The molecule has 1 saturated heterocycles. The molecule has 2 heterocycles. The van der Waals surface area contributed by atoms with Crippen LogP contribution in [0.25, 0.3) is 0 Å². The Balaban J connectivity index is 0.00000240. The quantitative estimate of drug-likeness (QED) is 0.808. The van der Waals surface area contributed by atoms with E-state index < -0.39 is 0 Å². The topological polar surface area (TPSA) is 48.5 Å². The van der Waals surface area contributed by atoms with Crippen LogP contribution in [0.3, 0.4) is 0 Å². The summed E-state index contributed by atoms with van der Waals surface area (Å²) in [6.07, 6.45) is 9.65. The number of benzene rings is 1. The average Bonchev–Trinajstić information content (AvgIpc) is 2.76. The highest BCUT2D eigenvalue weighted by Gasteiger charge is 2.31. The predicted molar refractivity (Wildman–Crippen MR) is 119 cm³/mol. The van der Waals surface area contributed by atoms with E-state index in [1.165, 1.54) is 24.8 Å². The van der Waals surface area contributed by atoms with Crippen LogP contribution in [0.1, 0.15) is 43.7 Å². The molecule has 0 spiro atoms. The zero-order chi connectivity index (χ0) is 19.2. The van der Waals surface area contributed by atoms with Crippen molar-refractivity contribution in [2.75, 3.05) is 31.1 Å². The van der Waals surface area contributed by atoms with Crippen molar-refractivity contribution in [2.45, 2.75) is 44.2 Å². The molecule has 1 aromatic heterocycles. The van der Waals surface area contributed by atoms with E-state index in [-0.39, 0.29) is 24.4 Å². The van der Waals surface area contributed by atoms with Crippen LogP contribution in [0.5, 0.6) is 0 Å². The maximum atomic E-state index is 13.5. The van der Waals surface area contributed by atoms with Gasteiger partial charge in [-0.1, -0.05) is 43.5 Å². The number of hydrogen-bond acceptors (Lipinski definition) is 4. The van der Waals surface area contributed by atoms with Crippen LogP contribution in [-0.2, 0) is 4.79 Å². The lowest BCUT2D eigenvalue weighted by atomic mass is 9.93. The van der Waals surface area contributed by atoms with Crippen molar-refractivity contribution in [1.29, 1.82) is 0 Å². The zero-order valence-corrected chi connectivity index (χ0v) is 17.7. The Hall–Kier alpha value is -1.95. The van der Waals surface area contributed by atoms with Crippen molar-refractivity contribution in [2.24, 2.45) is 0 Å². The maximum absolute atomic E-state index is 13.5. The maximum Gasteiger partial charge on any atom is 0.241 e. The number of hydrogen-bond donors (Lipinski definition) is 1. The first-order valence-electron chi connectivity index (χ1n) is 10.5. The number of carbonyl (C=O) groups excluding carboxylic acids is 1. The Morgan fingerprint density at radius 2 is 1.90 bits per heavy atom. The second-order valence-electron chi connectivity index (χ2n) is 7.87. The molecule has 2 aliphatic rings. The Morgan fingerprint density at radius 3 is 2.62 bits per heavy atom. The van der Waals surface area contributed by atoms with E-state index in [2.05, 4.69) is 38.3 Å². The fourth-order valence-corrected chi connectivity index (χ4v) is 4.57. The van der Waals surface area contributed by atoms with Gasteiger partial charge in [-0.15, -0.1) is 12.4 Å². The van der Waals surface area contributed by atoms with Crippen molar-refractivity contribution in [1.82, 2.24) is 15.2 Å². The van der Waals surface area contributed by atoms with E-state index in [1.807, 2.05) is 30.5 Å². The molecule has 1 atom stereocenters. The second kappa shape index (κ2) is 10.7. The number of rotatable bonds is 5. The normalized spacial score (nSPS) is 20.6. The summed E-state index contributed by atoms with van der Waals surface area (Å²) in [7, 11) is 0. The highest BCUT2D eigenvalue weighted by molar-refractivity contribution is 5.95. The molecule has 1 aliphatic carbocycles. The van der Waals surface area contributed by atoms with Crippen molar-refractivity contribution in [3.63, 3.8) is 0 Å². The molecule has 2 fully saturated rings. The van der Waals surface area contributed by atoms with Gasteiger partial charge in [-0.3, -0.25) is 14.7 Å². The summed E-state index contributed by atoms with van der Waals surface area (Å²) in [5, 5.41) is 3.47. The summed E-state index contributed by atoms with van der Waals surface area (Å²) >= 11 is 0.